The Bertz CT molecular complexity index is 654. The van der Waals surface area contributed by atoms with E-state index in [2.05, 4.69) is 0 Å². The van der Waals surface area contributed by atoms with Gasteiger partial charge in [0.15, 0.2) is 5.78 Å². The molecule has 0 aromatic heterocycles. The number of phenols is 1. The van der Waals surface area contributed by atoms with Gasteiger partial charge in [0.05, 0.1) is 5.56 Å². The standard InChI is InChI=1S/C16H12O3/c17-13-7-5-11(6-8-13)9-12-10-19-15-4-2-1-3-14(15)16(12)18/h1-9,17H,10H2/b12-9-. The molecule has 19 heavy (non-hydrogen) atoms. The number of benzene rings is 2. The minimum Gasteiger partial charge on any atom is -0.508 e. The van der Waals surface area contributed by atoms with Gasteiger partial charge in [-0.1, -0.05) is 24.3 Å². The molecular formula is C16H12O3. The number of Topliss-reactive ketones (excluding diaryl/α,β-unsaturated/α-hetero) is 1. The highest BCUT2D eigenvalue weighted by molar-refractivity contribution is 6.14. The fraction of sp³-hybridized carbons (Fsp3) is 0.0625. The molecule has 0 unspecified atom stereocenters. The van der Waals surface area contributed by atoms with Gasteiger partial charge in [-0.15, -0.1) is 0 Å². The quantitative estimate of drug-likeness (QED) is 0.793. The number of carbonyl (C=O) groups excluding carboxylic acids is 1. The van der Waals surface area contributed by atoms with E-state index in [-0.39, 0.29) is 18.1 Å². The molecule has 0 radical (unpaired) electrons. The van der Waals surface area contributed by atoms with Crippen molar-refractivity contribution in [2.24, 2.45) is 0 Å². The lowest BCUT2D eigenvalue weighted by Crippen LogP contribution is -2.18. The molecule has 0 amide bonds. The Morgan fingerprint density at radius 2 is 1.79 bits per heavy atom. The molecule has 3 rings (SSSR count). The maximum absolute atomic E-state index is 12.3. The molecule has 1 aliphatic rings. The van der Waals surface area contributed by atoms with Crippen LogP contribution in [0, 0.1) is 0 Å². The summed E-state index contributed by atoms with van der Waals surface area (Å²) in [5, 5.41) is 9.23. The van der Waals surface area contributed by atoms with Crippen LogP contribution in [0.15, 0.2) is 54.1 Å². The first-order valence-electron chi connectivity index (χ1n) is 6.00. The van der Waals surface area contributed by atoms with E-state index in [4.69, 9.17) is 4.74 Å². The second-order valence-corrected chi connectivity index (χ2v) is 4.38. The number of phenolic OH excluding ortho intramolecular Hbond substituents is 1. The first-order valence-corrected chi connectivity index (χ1v) is 6.00. The molecule has 0 aliphatic carbocycles. The van der Waals surface area contributed by atoms with Gasteiger partial charge in [0.25, 0.3) is 0 Å². The minimum absolute atomic E-state index is 0.00470. The summed E-state index contributed by atoms with van der Waals surface area (Å²) in [7, 11) is 0. The molecule has 0 atom stereocenters. The van der Waals surface area contributed by atoms with Crippen LogP contribution in [0.25, 0.3) is 6.08 Å². The Labute approximate surface area is 110 Å². The lowest BCUT2D eigenvalue weighted by Gasteiger charge is -2.18. The maximum Gasteiger partial charge on any atom is 0.196 e. The predicted molar refractivity (Wildman–Crippen MR) is 72.4 cm³/mol. The number of ether oxygens (including phenoxy) is 1. The third-order valence-corrected chi connectivity index (χ3v) is 3.04. The van der Waals surface area contributed by atoms with E-state index < -0.39 is 0 Å². The number of para-hydroxylation sites is 1. The van der Waals surface area contributed by atoms with Crippen molar-refractivity contribution in [2.45, 2.75) is 0 Å². The van der Waals surface area contributed by atoms with Crippen molar-refractivity contribution in [2.75, 3.05) is 6.61 Å². The van der Waals surface area contributed by atoms with Crippen molar-refractivity contribution in [1.82, 2.24) is 0 Å². The van der Waals surface area contributed by atoms with Crippen LogP contribution in [0.4, 0.5) is 0 Å². The van der Waals surface area contributed by atoms with Gasteiger partial charge in [0.1, 0.15) is 18.1 Å². The molecule has 0 fully saturated rings. The van der Waals surface area contributed by atoms with Gasteiger partial charge in [-0.25, -0.2) is 0 Å². The highest BCUT2D eigenvalue weighted by Crippen LogP contribution is 2.27. The van der Waals surface area contributed by atoms with Crippen LogP contribution in [-0.2, 0) is 0 Å². The second kappa shape index (κ2) is 4.61. The number of rotatable bonds is 1. The summed E-state index contributed by atoms with van der Waals surface area (Å²) in [6.07, 6.45) is 1.79. The lowest BCUT2D eigenvalue weighted by atomic mass is 9.98. The Morgan fingerprint density at radius 3 is 2.58 bits per heavy atom. The van der Waals surface area contributed by atoms with Gasteiger partial charge in [-0.3, -0.25) is 4.79 Å². The summed E-state index contributed by atoms with van der Waals surface area (Å²) in [6.45, 7) is 0.275. The van der Waals surface area contributed by atoms with Crippen molar-refractivity contribution >= 4 is 11.9 Å². The van der Waals surface area contributed by atoms with Crippen molar-refractivity contribution in [3.8, 4) is 11.5 Å². The van der Waals surface area contributed by atoms with Crippen LogP contribution >= 0.6 is 0 Å². The fourth-order valence-corrected chi connectivity index (χ4v) is 2.05. The average molecular weight is 252 g/mol. The van der Waals surface area contributed by atoms with E-state index in [1.165, 1.54) is 0 Å². The van der Waals surface area contributed by atoms with Crippen LogP contribution in [0.1, 0.15) is 15.9 Å². The van der Waals surface area contributed by atoms with Gasteiger partial charge in [0.2, 0.25) is 0 Å². The van der Waals surface area contributed by atoms with E-state index in [9.17, 15) is 9.90 Å². The topological polar surface area (TPSA) is 46.5 Å². The Morgan fingerprint density at radius 1 is 1.05 bits per heavy atom. The first kappa shape index (κ1) is 11.5. The van der Waals surface area contributed by atoms with Crippen LogP contribution in [0.3, 0.4) is 0 Å². The number of ketones is 1. The molecule has 1 heterocycles. The average Bonchev–Trinajstić information content (AvgIpc) is 2.45. The molecule has 0 saturated heterocycles. The highest BCUT2D eigenvalue weighted by atomic mass is 16.5. The molecule has 1 aliphatic heterocycles. The summed E-state index contributed by atoms with van der Waals surface area (Å²) in [5.74, 6) is 0.837. The van der Waals surface area contributed by atoms with Gasteiger partial charge < -0.3 is 9.84 Å². The third-order valence-electron chi connectivity index (χ3n) is 3.04. The van der Waals surface area contributed by atoms with E-state index in [0.29, 0.717) is 16.9 Å². The summed E-state index contributed by atoms with van der Waals surface area (Å²) >= 11 is 0. The zero-order valence-electron chi connectivity index (χ0n) is 10.2. The lowest BCUT2D eigenvalue weighted by molar-refractivity contribution is 0.100. The zero-order chi connectivity index (χ0) is 13.2. The number of carbonyl (C=O) groups is 1. The largest absolute Gasteiger partial charge is 0.508 e. The summed E-state index contributed by atoms with van der Waals surface area (Å²) in [4.78, 5) is 12.3. The van der Waals surface area contributed by atoms with Crippen molar-refractivity contribution < 1.29 is 14.6 Å². The Balaban J connectivity index is 1.96. The van der Waals surface area contributed by atoms with Crippen LogP contribution in [0.5, 0.6) is 11.5 Å². The van der Waals surface area contributed by atoms with Crippen molar-refractivity contribution in [3.63, 3.8) is 0 Å². The molecule has 2 aromatic rings. The summed E-state index contributed by atoms with van der Waals surface area (Å²) in [6, 6.07) is 13.9. The third kappa shape index (κ3) is 2.22. The molecule has 94 valence electrons. The number of hydrogen-bond acceptors (Lipinski definition) is 3. The zero-order valence-corrected chi connectivity index (χ0v) is 10.2. The van der Waals surface area contributed by atoms with Crippen LogP contribution in [0.2, 0.25) is 0 Å². The molecule has 0 saturated carbocycles. The Kier molecular flexibility index (Phi) is 2.80. The molecule has 0 bridgehead atoms. The smallest absolute Gasteiger partial charge is 0.196 e. The van der Waals surface area contributed by atoms with Gasteiger partial charge in [-0.2, -0.15) is 0 Å². The van der Waals surface area contributed by atoms with Crippen LogP contribution in [-0.4, -0.2) is 17.5 Å². The minimum atomic E-state index is -0.00470. The fourth-order valence-electron chi connectivity index (χ4n) is 2.05. The maximum atomic E-state index is 12.3. The molecule has 3 nitrogen and oxygen atoms in total. The molecule has 0 spiro atoms. The SMILES string of the molecule is O=C1/C(=C\c2ccc(O)cc2)COc2ccccc21. The number of aromatic hydroxyl groups is 1. The van der Waals surface area contributed by atoms with Gasteiger partial charge in [0, 0.05) is 5.57 Å². The van der Waals surface area contributed by atoms with E-state index >= 15 is 0 Å². The van der Waals surface area contributed by atoms with Gasteiger partial charge in [-0.05, 0) is 35.9 Å². The number of hydrogen-bond donors (Lipinski definition) is 1. The normalized spacial score (nSPS) is 16.0. The Hall–Kier alpha value is -2.55. The summed E-state index contributed by atoms with van der Waals surface area (Å²) in [5.41, 5.74) is 2.08. The van der Waals surface area contributed by atoms with Crippen molar-refractivity contribution in [3.05, 3.63) is 65.2 Å². The van der Waals surface area contributed by atoms with Gasteiger partial charge >= 0.3 is 0 Å². The second-order valence-electron chi connectivity index (χ2n) is 4.38. The first-order chi connectivity index (χ1) is 9.24. The molecule has 2 aromatic carbocycles. The molecular weight excluding hydrogens is 240 g/mol. The van der Waals surface area contributed by atoms with Crippen molar-refractivity contribution in [1.29, 1.82) is 0 Å². The molecule has 1 N–H and O–H groups in total. The van der Waals surface area contributed by atoms with E-state index in [1.807, 2.05) is 12.1 Å². The predicted octanol–water partition coefficient (Wildman–Crippen LogP) is 3.05. The number of fused-ring (bicyclic) bond motifs is 1. The molecule has 3 heteroatoms. The summed E-state index contributed by atoms with van der Waals surface area (Å²) < 4.78 is 5.56. The monoisotopic (exact) mass is 252 g/mol. The van der Waals surface area contributed by atoms with E-state index in [1.54, 1.807) is 42.5 Å². The van der Waals surface area contributed by atoms with Crippen LogP contribution < -0.4 is 4.74 Å². The van der Waals surface area contributed by atoms with E-state index in [0.717, 1.165) is 5.56 Å². The highest BCUT2D eigenvalue weighted by Gasteiger charge is 2.22.